The van der Waals surface area contributed by atoms with Crippen molar-refractivity contribution < 1.29 is 22.7 Å². The first-order chi connectivity index (χ1) is 20.7. The average Bonchev–Trinajstić information content (AvgIpc) is 3.48. The molecule has 0 spiro atoms. The Balaban J connectivity index is 1.21. The van der Waals surface area contributed by atoms with Gasteiger partial charge in [0, 0.05) is 30.1 Å². The SMILES string of the molecule is CCCc1ccc(C)cc1N1CCCS/C1=N\C(=O)NCc1ccc(-c2ncn(-c3ccc(OC(F)(F)F)cc3)n2)cc1. The molecule has 0 radical (unpaired) electrons. The number of amides is 2. The standard InChI is InChI=1S/C31H31F3N6O2S/c1-3-5-23-9-6-21(2)18-27(23)39-16-4-17-43-30(39)37-29(41)35-19-22-7-10-24(11-8-22)28-36-20-40(38-28)25-12-14-26(15-13-25)42-31(32,33)34/h6-15,18,20H,3-5,16-17,19H2,1-2H3,(H,35,41)/b37-30-. The van der Waals surface area contributed by atoms with Gasteiger partial charge >= 0.3 is 12.4 Å². The van der Waals surface area contributed by atoms with E-state index in [9.17, 15) is 18.0 Å². The number of thioether (sulfide) groups is 1. The van der Waals surface area contributed by atoms with E-state index in [2.05, 4.69) is 62.1 Å². The van der Waals surface area contributed by atoms with Gasteiger partial charge in [0.25, 0.3) is 0 Å². The molecule has 1 N–H and O–H groups in total. The molecule has 0 saturated carbocycles. The molecule has 0 bridgehead atoms. The van der Waals surface area contributed by atoms with Crippen LogP contribution in [0.3, 0.4) is 0 Å². The molecule has 43 heavy (non-hydrogen) atoms. The van der Waals surface area contributed by atoms with Crippen LogP contribution in [0.2, 0.25) is 0 Å². The molecule has 8 nitrogen and oxygen atoms in total. The fourth-order valence-electron chi connectivity index (χ4n) is 4.68. The highest BCUT2D eigenvalue weighted by Crippen LogP contribution is 2.30. The summed E-state index contributed by atoms with van der Waals surface area (Å²) in [5.41, 5.74) is 5.73. The number of nitrogens with zero attached hydrogens (tertiary/aromatic N) is 5. The second-order valence-corrected chi connectivity index (χ2v) is 11.1. The third-order valence-corrected chi connectivity index (χ3v) is 7.78. The number of rotatable bonds is 8. The van der Waals surface area contributed by atoms with Crippen LogP contribution in [0.5, 0.6) is 5.75 Å². The number of nitrogens with one attached hydrogen (secondary N) is 1. The van der Waals surface area contributed by atoms with Crippen LogP contribution in [0, 0.1) is 6.92 Å². The number of aromatic nitrogens is 3. The molecule has 0 unspecified atom stereocenters. The normalized spacial score (nSPS) is 14.6. The monoisotopic (exact) mass is 608 g/mol. The lowest BCUT2D eigenvalue weighted by atomic mass is 10.0. The summed E-state index contributed by atoms with van der Waals surface area (Å²) in [7, 11) is 0. The van der Waals surface area contributed by atoms with E-state index in [4.69, 9.17) is 0 Å². The Labute approximate surface area is 252 Å². The molecule has 224 valence electrons. The molecule has 2 heterocycles. The highest BCUT2D eigenvalue weighted by molar-refractivity contribution is 8.14. The van der Waals surface area contributed by atoms with Crippen LogP contribution in [-0.2, 0) is 13.0 Å². The van der Waals surface area contributed by atoms with Gasteiger partial charge in [0.2, 0.25) is 0 Å². The summed E-state index contributed by atoms with van der Waals surface area (Å²) in [6.07, 6.45) is -0.237. The highest BCUT2D eigenvalue weighted by Gasteiger charge is 2.31. The number of carbonyl (C=O) groups is 1. The van der Waals surface area contributed by atoms with Gasteiger partial charge in [-0.25, -0.2) is 14.5 Å². The molecule has 0 aliphatic carbocycles. The van der Waals surface area contributed by atoms with E-state index in [1.807, 2.05) is 24.3 Å². The number of halogens is 3. The Hall–Kier alpha value is -4.32. The Kier molecular flexibility index (Phi) is 9.34. The number of urea groups is 1. The number of amidine groups is 1. The van der Waals surface area contributed by atoms with Crippen LogP contribution in [0.15, 0.2) is 78.0 Å². The molecule has 1 aliphatic heterocycles. The average molecular weight is 609 g/mol. The molecule has 1 saturated heterocycles. The minimum absolute atomic E-state index is 0.306. The van der Waals surface area contributed by atoms with E-state index in [0.717, 1.165) is 48.4 Å². The van der Waals surface area contributed by atoms with Gasteiger partial charge in [0.05, 0.1) is 5.69 Å². The van der Waals surface area contributed by atoms with Crippen molar-refractivity contribution in [1.29, 1.82) is 0 Å². The van der Waals surface area contributed by atoms with E-state index in [1.165, 1.54) is 46.4 Å². The lowest BCUT2D eigenvalue weighted by Crippen LogP contribution is -2.36. The number of carbonyl (C=O) groups excluding carboxylic acids is 1. The fraction of sp³-hybridized carbons (Fsp3) is 0.290. The molecule has 1 aromatic heterocycles. The molecule has 4 aromatic rings. The smallest absolute Gasteiger partial charge is 0.406 e. The molecule has 1 aliphatic rings. The zero-order valence-electron chi connectivity index (χ0n) is 23.8. The van der Waals surface area contributed by atoms with Crippen molar-refractivity contribution in [2.75, 3.05) is 17.2 Å². The largest absolute Gasteiger partial charge is 0.573 e. The van der Waals surface area contributed by atoms with Crippen LogP contribution >= 0.6 is 11.8 Å². The Morgan fingerprint density at radius 2 is 1.86 bits per heavy atom. The molecule has 2 amide bonds. The summed E-state index contributed by atoms with van der Waals surface area (Å²) in [4.78, 5) is 23.7. The Bertz CT molecular complexity index is 1590. The minimum Gasteiger partial charge on any atom is -0.406 e. The molecule has 0 atom stereocenters. The number of anilines is 1. The zero-order valence-corrected chi connectivity index (χ0v) is 24.6. The second-order valence-electron chi connectivity index (χ2n) is 10.0. The van der Waals surface area contributed by atoms with Crippen molar-refractivity contribution in [3.05, 3.63) is 89.7 Å². The minimum atomic E-state index is -4.75. The maximum atomic E-state index is 12.8. The van der Waals surface area contributed by atoms with Gasteiger partial charge in [-0.2, -0.15) is 4.99 Å². The van der Waals surface area contributed by atoms with Crippen molar-refractivity contribution in [2.24, 2.45) is 4.99 Å². The molecule has 1 fully saturated rings. The van der Waals surface area contributed by atoms with Gasteiger partial charge in [0.1, 0.15) is 12.1 Å². The molecule has 12 heteroatoms. The van der Waals surface area contributed by atoms with Crippen molar-refractivity contribution in [3.63, 3.8) is 0 Å². The van der Waals surface area contributed by atoms with E-state index >= 15 is 0 Å². The summed E-state index contributed by atoms with van der Waals surface area (Å²) in [6.45, 7) is 5.36. The first-order valence-electron chi connectivity index (χ1n) is 13.9. The highest BCUT2D eigenvalue weighted by atomic mass is 32.2. The predicted octanol–water partition coefficient (Wildman–Crippen LogP) is 7.30. The molecular weight excluding hydrogens is 577 g/mol. The first-order valence-corrected chi connectivity index (χ1v) is 14.9. The van der Waals surface area contributed by atoms with Gasteiger partial charge in [-0.1, -0.05) is 61.5 Å². The summed E-state index contributed by atoms with van der Waals surface area (Å²) in [5.74, 6) is 1.05. The van der Waals surface area contributed by atoms with Gasteiger partial charge in [-0.15, -0.1) is 18.3 Å². The maximum Gasteiger partial charge on any atom is 0.573 e. The van der Waals surface area contributed by atoms with Gasteiger partial charge in [-0.05, 0) is 66.8 Å². The summed E-state index contributed by atoms with van der Waals surface area (Å²) in [5, 5.41) is 8.03. The van der Waals surface area contributed by atoms with Crippen molar-refractivity contribution in [2.45, 2.75) is 46.0 Å². The number of aryl methyl sites for hydroxylation is 2. The summed E-state index contributed by atoms with van der Waals surface area (Å²) < 4.78 is 42.6. The van der Waals surface area contributed by atoms with Crippen molar-refractivity contribution in [1.82, 2.24) is 20.1 Å². The topological polar surface area (TPSA) is 84.6 Å². The summed E-state index contributed by atoms with van der Waals surface area (Å²) in [6, 6.07) is 18.9. The van der Waals surface area contributed by atoms with E-state index in [1.54, 1.807) is 11.8 Å². The second kappa shape index (κ2) is 13.3. The number of aliphatic imine (C=N–C) groups is 1. The zero-order chi connectivity index (χ0) is 30.4. The van der Waals surface area contributed by atoms with Crippen LogP contribution in [-0.4, -0.2) is 44.6 Å². The molecule has 3 aromatic carbocycles. The van der Waals surface area contributed by atoms with Crippen LogP contribution in [0.4, 0.5) is 23.7 Å². The Morgan fingerprint density at radius 1 is 1.09 bits per heavy atom. The van der Waals surface area contributed by atoms with Crippen LogP contribution in [0.25, 0.3) is 17.1 Å². The van der Waals surface area contributed by atoms with E-state index < -0.39 is 12.4 Å². The summed E-state index contributed by atoms with van der Waals surface area (Å²) >= 11 is 1.60. The molecular formula is C31H31F3N6O2S. The van der Waals surface area contributed by atoms with Crippen LogP contribution in [0.1, 0.15) is 36.5 Å². The molecule has 5 rings (SSSR count). The quantitative estimate of drug-likeness (QED) is 0.226. The first kappa shape index (κ1) is 30.1. The van der Waals surface area contributed by atoms with E-state index in [0.29, 0.717) is 23.2 Å². The maximum absolute atomic E-state index is 12.8. The fourth-order valence-corrected chi connectivity index (χ4v) is 5.63. The van der Waals surface area contributed by atoms with Gasteiger partial charge in [0.15, 0.2) is 11.0 Å². The number of hydrogen-bond donors (Lipinski definition) is 1. The van der Waals surface area contributed by atoms with Gasteiger partial charge < -0.3 is 15.0 Å². The Morgan fingerprint density at radius 3 is 2.58 bits per heavy atom. The third kappa shape index (κ3) is 7.95. The number of alkyl halides is 3. The number of benzene rings is 3. The van der Waals surface area contributed by atoms with E-state index in [-0.39, 0.29) is 5.75 Å². The van der Waals surface area contributed by atoms with Crippen LogP contribution < -0.4 is 15.0 Å². The lowest BCUT2D eigenvalue weighted by molar-refractivity contribution is -0.274. The predicted molar refractivity (Wildman–Crippen MR) is 163 cm³/mol. The van der Waals surface area contributed by atoms with Gasteiger partial charge in [-0.3, -0.25) is 0 Å². The van der Waals surface area contributed by atoms with Crippen molar-refractivity contribution in [3.8, 4) is 22.8 Å². The van der Waals surface area contributed by atoms with Crippen molar-refractivity contribution >= 4 is 28.6 Å². The number of ether oxygens (including phenoxy) is 1. The number of hydrogen-bond acceptors (Lipinski definition) is 5. The third-order valence-electron chi connectivity index (χ3n) is 6.72. The lowest BCUT2D eigenvalue weighted by Gasteiger charge is -2.31.